The molecule has 1 saturated heterocycles. The smallest absolute Gasteiger partial charge is 0.307 e. The number of halogens is 1. The molecule has 20 heavy (non-hydrogen) atoms. The predicted molar refractivity (Wildman–Crippen MR) is 76.0 cm³/mol. The zero-order valence-corrected chi connectivity index (χ0v) is 12.1. The van der Waals surface area contributed by atoms with Crippen molar-refractivity contribution in [2.75, 3.05) is 13.1 Å². The van der Waals surface area contributed by atoms with Crippen molar-refractivity contribution in [2.45, 2.75) is 33.2 Å². The molecule has 0 spiro atoms. The molecule has 2 rings (SSSR count). The van der Waals surface area contributed by atoms with Crippen molar-refractivity contribution in [1.82, 2.24) is 4.90 Å². The molecule has 0 radical (unpaired) electrons. The third kappa shape index (κ3) is 3.37. The van der Waals surface area contributed by atoms with E-state index in [0.717, 1.165) is 18.5 Å². The van der Waals surface area contributed by atoms with Crippen LogP contribution in [0.2, 0.25) is 0 Å². The topological polar surface area (TPSA) is 40.5 Å². The second kappa shape index (κ2) is 6.35. The molecule has 4 heteroatoms. The number of carbonyl (C=O) groups is 1. The van der Waals surface area contributed by atoms with Crippen LogP contribution in [0.3, 0.4) is 0 Å². The minimum Gasteiger partial charge on any atom is -0.481 e. The first-order chi connectivity index (χ1) is 9.51. The highest BCUT2D eigenvalue weighted by Crippen LogP contribution is 2.25. The number of piperidine rings is 1. The van der Waals surface area contributed by atoms with Crippen LogP contribution >= 0.6 is 0 Å². The van der Waals surface area contributed by atoms with E-state index in [4.69, 9.17) is 0 Å². The summed E-state index contributed by atoms with van der Waals surface area (Å²) < 4.78 is 14.0. The Morgan fingerprint density at radius 3 is 2.85 bits per heavy atom. The van der Waals surface area contributed by atoms with E-state index < -0.39 is 5.97 Å². The largest absolute Gasteiger partial charge is 0.481 e. The Labute approximate surface area is 119 Å². The third-order valence-corrected chi connectivity index (χ3v) is 4.06. The molecule has 1 aliphatic rings. The molecule has 1 N–H and O–H groups in total. The van der Waals surface area contributed by atoms with E-state index in [-0.39, 0.29) is 11.7 Å². The molecule has 1 heterocycles. The average Bonchev–Trinajstić information content (AvgIpc) is 2.40. The standard InChI is InChI=1S/C16H22FNO2/c1-3-12-5-4-6-15(17)14(12)10-18-8-11(2)7-13(9-18)16(19)20/h4-6,11,13H,3,7-10H2,1-2H3,(H,19,20). The number of nitrogens with zero attached hydrogens (tertiary/aromatic N) is 1. The fourth-order valence-corrected chi connectivity index (χ4v) is 3.10. The number of carboxylic acids is 1. The number of benzene rings is 1. The second-order valence-corrected chi connectivity index (χ2v) is 5.80. The lowest BCUT2D eigenvalue weighted by atomic mass is 9.90. The van der Waals surface area contributed by atoms with Crippen molar-refractivity contribution in [3.8, 4) is 0 Å². The molecule has 0 saturated carbocycles. The van der Waals surface area contributed by atoms with E-state index >= 15 is 0 Å². The fourth-order valence-electron chi connectivity index (χ4n) is 3.10. The highest BCUT2D eigenvalue weighted by atomic mass is 19.1. The van der Waals surface area contributed by atoms with Gasteiger partial charge < -0.3 is 5.11 Å². The molecule has 0 amide bonds. The number of hydrogen-bond acceptors (Lipinski definition) is 2. The van der Waals surface area contributed by atoms with Gasteiger partial charge in [-0.15, -0.1) is 0 Å². The molecule has 2 atom stereocenters. The Morgan fingerprint density at radius 2 is 2.20 bits per heavy atom. The molecule has 1 fully saturated rings. The van der Waals surface area contributed by atoms with Gasteiger partial charge in [-0.05, 0) is 30.4 Å². The summed E-state index contributed by atoms with van der Waals surface area (Å²) in [6.07, 6.45) is 1.50. The molecule has 2 unspecified atom stereocenters. The zero-order valence-electron chi connectivity index (χ0n) is 12.1. The summed E-state index contributed by atoms with van der Waals surface area (Å²) in [6.45, 7) is 5.92. The molecule has 1 aromatic rings. The number of hydrogen-bond donors (Lipinski definition) is 1. The Balaban J connectivity index is 2.15. The first-order valence-electron chi connectivity index (χ1n) is 7.22. The number of aliphatic carboxylic acids is 1. The minimum atomic E-state index is -0.745. The van der Waals surface area contributed by atoms with Gasteiger partial charge in [-0.2, -0.15) is 0 Å². The maximum atomic E-state index is 14.0. The summed E-state index contributed by atoms with van der Waals surface area (Å²) in [5, 5.41) is 9.19. The Morgan fingerprint density at radius 1 is 1.45 bits per heavy atom. The van der Waals surface area contributed by atoms with Crippen LogP contribution in [0.15, 0.2) is 18.2 Å². The Hall–Kier alpha value is -1.42. The van der Waals surface area contributed by atoms with Crippen LogP contribution in [-0.4, -0.2) is 29.1 Å². The van der Waals surface area contributed by atoms with Gasteiger partial charge in [-0.1, -0.05) is 26.0 Å². The average molecular weight is 279 g/mol. The molecule has 0 aliphatic carbocycles. The maximum Gasteiger partial charge on any atom is 0.307 e. The molecule has 0 bridgehead atoms. The highest BCUT2D eigenvalue weighted by Gasteiger charge is 2.29. The normalized spacial score (nSPS) is 23.8. The summed E-state index contributed by atoms with van der Waals surface area (Å²) in [5.41, 5.74) is 1.73. The monoisotopic (exact) mass is 279 g/mol. The van der Waals surface area contributed by atoms with Gasteiger partial charge >= 0.3 is 5.97 Å². The lowest BCUT2D eigenvalue weighted by Crippen LogP contribution is -2.42. The quantitative estimate of drug-likeness (QED) is 0.921. The molecule has 3 nitrogen and oxygen atoms in total. The van der Waals surface area contributed by atoms with Crippen LogP contribution in [0, 0.1) is 17.7 Å². The minimum absolute atomic E-state index is 0.186. The number of carboxylic acid groups (broad SMARTS) is 1. The molecular weight excluding hydrogens is 257 g/mol. The van der Waals surface area contributed by atoms with Crippen LogP contribution in [0.4, 0.5) is 4.39 Å². The van der Waals surface area contributed by atoms with Crippen molar-refractivity contribution in [3.63, 3.8) is 0 Å². The molecule has 0 aromatic heterocycles. The van der Waals surface area contributed by atoms with Gasteiger partial charge in [-0.3, -0.25) is 9.69 Å². The van der Waals surface area contributed by atoms with E-state index in [9.17, 15) is 14.3 Å². The Bertz CT molecular complexity index is 489. The van der Waals surface area contributed by atoms with Gasteiger partial charge in [0.05, 0.1) is 5.92 Å². The van der Waals surface area contributed by atoms with Gasteiger partial charge in [0.15, 0.2) is 0 Å². The van der Waals surface area contributed by atoms with Gasteiger partial charge in [0.1, 0.15) is 5.82 Å². The summed E-state index contributed by atoms with van der Waals surface area (Å²) in [7, 11) is 0. The van der Waals surface area contributed by atoms with Crippen molar-refractivity contribution in [3.05, 3.63) is 35.1 Å². The van der Waals surface area contributed by atoms with Gasteiger partial charge in [0.25, 0.3) is 0 Å². The van der Waals surface area contributed by atoms with Crippen LogP contribution in [0.25, 0.3) is 0 Å². The van der Waals surface area contributed by atoms with Crippen molar-refractivity contribution < 1.29 is 14.3 Å². The SMILES string of the molecule is CCc1cccc(F)c1CN1CC(C)CC(C(=O)O)C1. The van der Waals surface area contributed by atoms with E-state index in [2.05, 4.69) is 11.8 Å². The highest BCUT2D eigenvalue weighted by molar-refractivity contribution is 5.70. The summed E-state index contributed by atoms with van der Waals surface area (Å²) >= 11 is 0. The fraction of sp³-hybridized carbons (Fsp3) is 0.562. The van der Waals surface area contributed by atoms with Gasteiger partial charge in [0, 0.05) is 25.2 Å². The van der Waals surface area contributed by atoms with E-state index in [1.54, 1.807) is 6.07 Å². The molecule has 110 valence electrons. The van der Waals surface area contributed by atoms with Gasteiger partial charge in [0.2, 0.25) is 0 Å². The van der Waals surface area contributed by atoms with Crippen LogP contribution < -0.4 is 0 Å². The lowest BCUT2D eigenvalue weighted by molar-refractivity contribution is -0.144. The molecular formula is C16H22FNO2. The Kier molecular flexibility index (Phi) is 4.76. The van der Waals surface area contributed by atoms with E-state index in [0.29, 0.717) is 31.0 Å². The molecule has 1 aliphatic heterocycles. The third-order valence-electron chi connectivity index (χ3n) is 4.06. The van der Waals surface area contributed by atoms with Gasteiger partial charge in [-0.25, -0.2) is 4.39 Å². The maximum absolute atomic E-state index is 14.0. The van der Waals surface area contributed by atoms with Crippen molar-refractivity contribution in [1.29, 1.82) is 0 Å². The van der Waals surface area contributed by atoms with E-state index in [1.807, 2.05) is 13.0 Å². The second-order valence-electron chi connectivity index (χ2n) is 5.80. The summed E-state index contributed by atoms with van der Waals surface area (Å²) in [6, 6.07) is 5.16. The first-order valence-corrected chi connectivity index (χ1v) is 7.22. The van der Waals surface area contributed by atoms with Crippen LogP contribution in [0.1, 0.15) is 31.4 Å². The number of likely N-dealkylation sites (tertiary alicyclic amines) is 1. The summed E-state index contributed by atoms with van der Waals surface area (Å²) in [4.78, 5) is 13.3. The zero-order chi connectivity index (χ0) is 14.7. The summed E-state index contributed by atoms with van der Waals surface area (Å²) in [5.74, 6) is -0.933. The lowest BCUT2D eigenvalue weighted by Gasteiger charge is -2.35. The van der Waals surface area contributed by atoms with Crippen LogP contribution in [0.5, 0.6) is 0 Å². The van der Waals surface area contributed by atoms with Crippen molar-refractivity contribution >= 4 is 5.97 Å². The van der Waals surface area contributed by atoms with E-state index in [1.165, 1.54) is 6.07 Å². The molecule has 1 aromatic carbocycles. The number of rotatable bonds is 4. The number of aryl methyl sites for hydroxylation is 1. The predicted octanol–water partition coefficient (Wildman–Crippen LogP) is 2.93. The van der Waals surface area contributed by atoms with Crippen molar-refractivity contribution in [2.24, 2.45) is 11.8 Å². The first kappa shape index (κ1) is 15.0. The van der Waals surface area contributed by atoms with Crippen LogP contribution in [-0.2, 0) is 17.8 Å².